The van der Waals surface area contributed by atoms with Crippen LogP contribution in [0.15, 0.2) is 41.0 Å². The van der Waals surface area contributed by atoms with Gasteiger partial charge in [-0.15, -0.1) is 11.3 Å². The minimum atomic E-state index is -0.134. The largest absolute Gasteiger partial charge is 0.452 e. The van der Waals surface area contributed by atoms with Gasteiger partial charge >= 0.3 is 0 Å². The molecule has 3 aromatic heterocycles. The van der Waals surface area contributed by atoms with Crippen molar-refractivity contribution in [3.8, 4) is 0 Å². The van der Waals surface area contributed by atoms with E-state index in [0.29, 0.717) is 5.76 Å². The smallest absolute Gasteiger partial charge is 0.221 e. The minimum Gasteiger partial charge on any atom is -0.452 e. The van der Waals surface area contributed by atoms with Gasteiger partial charge in [0.25, 0.3) is 0 Å². The second-order valence-corrected chi connectivity index (χ2v) is 7.04. The van der Waals surface area contributed by atoms with E-state index in [9.17, 15) is 4.79 Å². The van der Waals surface area contributed by atoms with Crippen LogP contribution in [0.25, 0.3) is 22.0 Å². The first-order chi connectivity index (χ1) is 11.5. The van der Waals surface area contributed by atoms with E-state index in [1.54, 1.807) is 17.4 Å². The first-order valence-corrected chi connectivity index (χ1v) is 8.52. The molecule has 0 aliphatic rings. The van der Waals surface area contributed by atoms with Gasteiger partial charge in [0.15, 0.2) is 10.7 Å². The second kappa shape index (κ2) is 5.46. The van der Waals surface area contributed by atoms with Crippen LogP contribution < -0.4 is 0 Å². The summed E-state index contributed by atoms with van der Waals surface area (Å²) in [5.41, 5.74) is 3.45. The fraction of sp³-hybridized carbons (Fsp3) is 0.158. The molecule has 0 radical (unpaired) electrons. The first-order valence-electron chi connectivity index (χ1n) is 7.70. The lowest BCUT2D eigenvalue weighted by Gasteiger charge is -1.94. The Bertz CT molecular complexity index is 1110. The van der Waals surface area contributed by atoms with Gasteiger partial charge in [-0.2, -0.15) is 0 Å². The predicted molar refractivity (Wildman–Crippen MR) is 96.9 cm³/mol. The monoisotopic (exact) mass is 336 g/mol. The van der Waals surface area contributed by atoms with Crippen LogP contribution in [-0.2, 0) is 0 Å². The van der Waals surface area contributed by atoms with Crippen LogP contribution in [0, 0.1) is 20.8 Å². The molecule has 0 amide bonds. The van der Waals surface area contributed by atoms with E-state index in [-0.39, 0.29) is 5.78 Å². The van der Waals surface area contributed by atoms with E-state index < -0.39 is 0 Å². The summed E-state index contributed by atoms with van der Waals surface area (Å²) in [5, 5.41) is 0.977. The van der Waals surface area contributed by atoms with E-state index in [4.69, 9.17) is 4.42 Å². The van der Waals surface area contributed by atoms with Crippen LogP contribution in [-0.4, -0.2) is 15.2 Å². The molecule has 120 valence electrons. The second-order valence-electron chi connectivity index (χ2n) is 5.83. The van der Waals surface area contributed by atoms with Crippen LogP contribution in [0.2, 0.25) is 0 Å². The maximum absolute atomic E-state index is 12.6. The highest BCUT2D eigenvalue weighted by atomic mass is 32.1. The molecule has 0 saturated carbocycles. The molecule has 3 heterocycles. The van der Waals surface area contributed by atoms with Crippen molar-refractivity contribution >= 4 is 39.1 Å². The van der Waals surface area contributed by atoms with Crippen LogP contribution >= 0.6 is 11.3 Å². The molecule has 0 unspecified atom stereocenters. The van der Waals surface area contributed by atoms with Crippen LogP contribution in [0.3, 0.4) is 0 Å². The zero-order chi connectivity index (χ0) is 16.8. The number of carbonyl (C=O) groups is 1. The van der Waals surface area contributed by atoms with E-state index in [1.807, 2.05) is 61.7 Å². The van der Waals surface area contributed by atoms with Crippen molar-refractivity contribution in [2.45, 2.75) is 20.8 Å². The third-order valence-electron chi connectivity index (χ3n) is 4.12. The Balaban J connectivity index is 1.73. The van der Waals surface area contributed by atoms with Gasteiger partial charge in [-0.3, -0.25) is 9.20 Å². The number of imidazole rings is 1. The predicted octanol–water partition coefficient (Wildman–Crippen LogP) is 4.96. The molecule has 0 N–H and O–H groups in total. The SMILES string of the molecule is Cc1cn2c(/C=C/C(=O)c3oc4ccccc4c3C)c(C)nc2s1. The highest BCUT2D eigenvalue weighted by molar-refractivity contribution is 7.17. The molecule has 0 bridgehead atoms. The number of aryl methyl sites for hydroxylation is 3. The van der Waals surface area contributed by atoms with E-state index in [2.05, 4.69) is 4.98 Å². The molecule has 0 atom stereocenters. The van der Waals surface area contributed by atoms with Gasteiger partial charge in [-0.25, -0.2) is 4.98 Å². The van der Waals surface area contributed by atoms with Crippen molar-refractivity contribution in [1.29, 1.82) is 0 Å². The number of rotatable bonds is 3. The number of carbonyl (C=O) groups excluding carboxylic acids is 1. The third kappa shape index (κ3) is 2.29. The number of aromatic nitrogens is 2. The zero-order valence-electron chi connectivity index (χ0n) is 13.7. The van der Waals surface area contributed by atoms with Crippen LogP contribution in [0.5, 0.6) is 0 Å². The number of hydrogen-bond acceptors (Lipinski definition) is 4. The molecule has 4 rings (SSSR count). The quantitative estimate of drug-likeness (QED) is 0.392. The lowest BCUT2D eigenvalue weighted by molar-refractivity contribution is 0.102. The number of furan rings is 1. The van der Waals surface area contributed by atoms with Crippen LogP contribution in [0.1, 0.15) is 32.4 Å². The molecule has 0 spiro atoms. The van der Waals surface area contributed by atoms with Crippen molar-refractivity contribution in [3.05, 3.63) is 64.1 Å². The van der Waals surface area contributed by atoms with Gasteiger partial charge in [0.1, 0.15) is 5.58 Å². The maximum Gasteiger partial charge on any atom is 0.221 e. The Morgan fingerprint density at radius 2 is 2.04 bits per heavy atom. The van der Waals surface area contributed by atoms with Crippen molar-refractivity contribution in [2.75, 3.05) is 0 Å². The molecule has 1 aromatic carbocycles. The highest BCUT2D eigenvalue weighted by Crippen LogP contribution is 2.26. The maximum atomic E-state index is 12.6. The minimum absolute atomic E-state index is 0.134. The summed E-state index contributed by atoms with van der Waals surface area (Å²) >= 11 is 1.64. The van der Waals surface area contributed by atoms with E-state index in [1.165, 1.54) is 4.88 Å². The van der Waals surface area contributed by atoms with Gasteiger partial charge in [-0.05, 0) is 39.0 Å². The zero-order valence-corrected chi connectivity index (χ0v) is 14.5. The Morgan fingerprint density at radius 3 is 2.83 bits per heavy atom. The molecule has 24 heavy (non-hydrogen) atoms. The number of fused-ring (bicyclic) bond motifs is 2. The molecular weight excluding hydrogens is 320 g/mol. The number of hydrogen-bond donors (Lipinski definition) is 0. The fourth-order valence-corrected chi connectivity index (χ4v) is 3.80. The van der Waals surface area contributed by atoms with Gasteiger partial charge in [0, 0.05) is 22.0 Å². The summed E-state index contributed by atoms with van der Waals surface area (Å²) in [4.78, 5) is 19.2. The number of para-hydroxylation sites is 1. The van der Waals surface area contributed by atoms with Crippen molar-refractivity contribution in [3.63, 3.8) is 0 Å². The molecule has 0 saturated heterocycles. The molecule has 0 fully saturated rings. The molecule has 5 heteroatoms. The standard InChI is InChI=1S/C19H16N2O2S/c1-11-10-21-15(13(3)20-19(21)24-11)8-9-16(22)18-12(2)14-6-4-5-7-17(14)23-18/h4-10H,1-3H3/b9-8+. The van der Waals surface area contributed by atoms with Gasteiger partial charge < -0.3 is 4.42 Å². The first kappa shape index (κ1) is 14.9. The van der Waals surface area contributed by atoms with E-state index in [0.717, 1.165) is 32.9 Å². The van der Waals surface area contributed by atoms with E-state index >= 15 is 0 Å². The number of nitrogens with zero attached hydrogens (tertiary/aromatic N) is 2. The molecule has 4 nitrogen and oxygen atoms in total. The number of benzene rings is 1. The lowest BCUT2D eigenvalue weighted by atomic mass is 10.1. The van der Waals surface area contributed by atoms with Gasteiger partial charge in [0.05, 0.1) is 11.4 Å². The number of thiazole rings is 1. The summed E-state index contributed by atoms with van der Waals surface area (Å²) in [6, 6.07) is 7.69. The topological polar surface area (TPSA) is 47.5 Å². The number of allylic oxidation sites excluding steroid dienone is 1. The Kier molecular flexibility index (Phi) is 3.39. The third-order valence-corrected chi connectivity index (χ3v) is 5.02. The fourth-order valence-electron chi connectivity index (χ4n) is 2.92. The Labute approximate surface area is 143 Å². The summed E-state index contributed by atoms with van der Waals surface area (Å²) < 4.78 is 7.75. The molecule has 0 aliphatic heterocycles. The van der Waals surface area contributed by atoms with Crippen molar-refractivity contribution in [2.24, 2.45) is 0 Å². The number of ketones is 1. The lowest BCUT2D eigenvalue weighted by Crippen LogP contribution is -1.95. The molecule has 0 aliphatic carbocycles. The van der Waals surface area contributed by atoms with Gasteiger partial charge in [-0.1, -0.05) is 18.2 Å². The Hall–Kier alpha value is -2.66. The highest BCUT2D eigenvalue weighted by Gasteiger charge is 2.16. The summed E-state index contributed by atoms with van der Waals surface area (Å²) in [6.07, 6.45) is 5.42. The normalized spacial score (nSPS) is 12.0. The van der Waals surface area contributed by atoms with Gasteiger partial charge in [0.2, 0.25) is 5.78 Å². The van der Waals surface area contributed by atoms with Crippen molar-refractivity contribution < 1.29 is 9.21 Å². The Morgan fingerprint density at radius 1 is 1.25 bits per heavy atom. The summed E-state index contributed by atoms with van der Waals surface area (Å²) in [5.74, 6) is 0.261. The average molecular weight is 336 g/mol. The molecular formula is C19H16N2O2S. The summed E-state index contributed by atoms with van der Waals surface area (Å²) in [7, 11) is 0. The van der Waals surface area contributed by atoms with Crippen molar-refractivity contribution in [1.82, 2.24) is 9.38 Å². The summed E-state index contributed by atoms with van der Waals surface area (Å²) in [6.45, 7) is 5.91. The molecule has 4 aromatic rings. The average Bonchev–Trinajstić information content (AvgIpc) is 3.16. The van der Waals surface area contributed by atoms with Crippen LogP contribution in [0.4, 0.5) is 0 Å².